The monoisotopic (exact) mass is 851 g/mol. The van der Waals surface area contributed by atoms with Crippen LogP contribution in [0.5, 0.6) is 0 Å². The van der Waals surface area contributed by atoms with Crippen molar-refractivity contribution in [3.05, 3.63) is 36.5 Å². The highest BCUT2D eigenvalue weighted by atomic mass is 16.7. The molecule has 1 heterocycles. The van der Waals surface area contributed by atoms with Gasteiger partial charge in [-0.3, -0.25) is 9.59 Å². The van der Waals surface area contributed by atoms with Crippen molar-refractivity contribution in [1.29, 1.82) is 0 Å². The van der Waals surface area contributed by atoms with Crippen molar-refractivity contribution in [2.75, 3.05) is 13.2 Å². The van der Waals surface area contributed by atoms with Gasteiger partial charge >= 0.3 is 17.9 Å². The summed E-state index contributed by atoms with van der Waals surface area (Å²) in [4.78, 5) is 36.9. The number of carboxylic acids is 1. The molecule has 60 heavy (non-hydrogen) atoms. The fraction of sp³-hybridized carbons (Fsp3) is 0.816. The molecule has 1 rings (SSSR count). The highest BCUT2D eigenvalue weighted by Crippen LogP contribution is 2.23. The van der Waals surface area contributed by atoms with Gasteiger partial charge < -0.3 is 39.4 Å². The molecule has 4 N–H and O–H groups in total. The Morgan fingerprint density at radius 3 is 1.48 bits per heavy atom. The quantitative estimate of drug-likeness (QED) is 0.0263. The Balaban J connectivity index is 2.33. The minimum absolute atomic E-state index is 0.182. The van der Waals surface area contributed by atoms with Gasteiger partial charge in [0, 0.05) is 12.8 Å². The van der Waals surface area contributed by atoms with Crippen LogP contribution in [-0.2, 0) is 33.3 Å². The number of allylic oxidation sites excluding steroid dienone is 6. The number of carbonyl (C=O) groups is 3. The summed E-state index contributed by atoms with van der Waals surface area (Å²) in [5.41, 5.74) is 0. The molecule has 11 nitrogen and oxygen atoms in total. The van der Waals surface area contributed by atoms with Crippen molar-refractivity contribution in [2.24, 2.45) is 0 Å². The molecular weight excluding hydrogens is 765 g/mol. The number of aliphatic hydroxyl groups excluding tert-OH is 3. The first kappa shape index (κ1) is 55.4. The molecule has 1 aliphatic heterocycles. The number of aliphatic hydroxyl groups is 3. The van der Waals surface area contributed by atoms with Gasteiger partial charge in [0.15, 0.2) is 18.5 Å². The molecule has 0 aromatic carbocycles. The first-order valence-electron chi connectivity index (χ1n) is 24.0. The molecule has 0 saturated carbocycles. The van der Waals surface area contributed by atoms with E-state index in [0.717, 1.165) is 70.6 Å². The molecule has 0 aromatic rings. The largest absolute Gasteiger partial charge is 0.479 e. The summed E-state index contributed by atoms with van der Waals surface area (Å²) < 4.78 is 21.8. The molecule has 1 fully saturated rings. The fourth-order valence-electron chi connectivity index (χ4n) is 7.25. The van der Waals surface area contributed by atoms with E-state index in [0.29, 0.717) is 12.8 Å². The van der Waals surface area contributed by atoms with Crippen LogP contribution in [0.4, 0.5) is 0 Å². The van der Waals surface area contributed by atoms with E-state index in [1.54, 1.807) is 0 Å². The molecule has 0 radical (unpaired) electrons. The van der Waals surface area contributed by atoms with Gasteiger partial charge in [-0.05, 0) is 44.9 Å². The van der Waals surface area contributed by atoms with Gasteiger partial charge in [-0.1, -0.05) is 185 Å². The van der Waals surface area contributed by atoms with Crippen molar-refractivity contribution in [1.82, 2.24) is 0 Å². The second kappa shape index (κ2) is 39.3. The third kappa shape index (κ3) is 30.5. The number of carboxylic acid groups (broad SMARTS) is 1. The van der Waals surface area contributed by atoms with E-state index in [1.807, 2.05) is 0 Å². The van der Waals surface area contributed by atoms with Gasteiger partial charge in [-0.2, -0.15) is 0 Å². The smallest absolute Gasteiger partial charge is 0.335 e. The normalized spacial score (nSPS) is 20.1. The minimum atomic E-state index is -1.86. The average molecular weight is 851 g/mol. The number of ether oxygens (including phenoxy) is 4. The topological polar surface area (TPSA) is 169 Å². The van der Waals surface area contributed by atoms with Crippen LogP contribution in [0.2, 0.25) is 0 Å². The summed E-state index contributed by atoms with van der Waals surface area (Å²) in [6.45, 7) is 3.71. The maximum atomic E-state index is 12.8. The van der Waals surface area contributed by atoms with E-state index in [2.05, 4.69) is 50.3 Å². The Morgan fingerprint density at radius 1 is 0.533 bits per heavy atom. The van der Waals surface area contributed by atoms with E-state index < -0.39 is 61.3 Å². The van der Waals surface area contributed by atoms with E-state index in [1.165, 1.54) is 96.3 Å². The number of esters is 2. The molecule has 0 aromatic heterocycles. The lowest BCUT2D eigenvalue weighted by Gasteiger charge is -2.38. The van der Waals surface area contributed by atoms with Crippen LogP contribution in [0.3, 0.4) is 0 Å². The summed E-state index contributed by atoms with van der Waals surface area (Å²) in [7, 11) is 0. The van der Waals surface area contributed by atoms with Crippen LogP contribution < -0.4 is 0 Å². The number of aliphatic carboxylic acids is 1. The standard InChI is InChI=1S/C49H86O11/c1-3-5-7-9-11-13-15-17-19-20-21-22-24-26-28-30-32-34-36-38-43(51)59-41(40-58-49-46(54)44(52)45(53)47(60-49)48(55)56)39-57-42(50)37-35-33-31-29-27-25-23-18-16-14-12-10-8-6-4-2/h6,8,12,14,18,23,41,44-47,49,52-54H,3-5,7,9-11,13,15-17,19-22,24-40H2,1-2H3,(H,55,56)/b8-6-,14-12-,23-18-. The first-order chi connectivity index (χ1) is 29.2. The summed E-state index contributed by atoms with van der Waals surface area (Å²) in [5.74, 6) is -2.46. The van der Waals surface area contributed by atoms with Crippen molar-refractivity contribution in [3.63, 3.8) is 0 Å². The lowest BCUT2D eigenvalue weighted by atomic mass is 9.99. The SMILES string of the molecule is CC/C=C\C/C=C\C/C=C\CCCCCCCC(=O)OCC(COC1OC(C(=O)O)C(O)C(O)C1O)OC(=O)CCCCCCCCCCCCCCCCCCCCC. The van der Waals surface area contributed by atoms with E-state index >= 15 is 0 Å². The number of hydrogen-bond acceptors (Lipinski definition) is 10. The van der Waals surface area contributed by atoms with E-state index in [9.17, 15) is 34.8 Å². The maximum absolute atomic E-state index is 12.8. The Labute approximate surface area is 363 Å². The molecule has 1 saturated heterocycles. The summed E-state index contributed by atoms with van der Waals surface area (Å²) in [6.07, 6.45) is 36.2. The molecule has 0 aliphatic carbocycles. The Bertz CT molecular complexity index is 1140. The van der Waals surface area contributed by atoms with Crippen LogP contribution in [-0.4, -0.2) is 88.4 Å². The zero-order valence-electron chi connectivity index (χ0n) is 37.7. The van der Waals surface area contributed by atoms with Gasteiger partial charge in [0.1, 0.15) is 24.9 Å². The molecule has 1 aliphatic rings. The van der Waals surface area contributed by atoms with Gasteiger partial charge in [0.2, 0.25) is 0 Å². The lowest BCUT2D eigenvalue weighted by Crippen LogP contribution is -2.60. The third-order valence-electron chi connectivity index (χ3n) is 11.0. The van der Waals surface area contributed by atoms with Crippen molar-refractivity contribution >= 4 is 17.9 Å². The summed E-state index contributed by atoms with van der Waals surface area (Å²) in [5, 5.41) is 39.9. The summed E-state index contributed by atoms with van der Waals surface area (Å²) >= 11 is 0. The molecule has 6 unspecified atom stereocenters. The molecule has 348 valence electrons. The molecule has 6 atom stereocenters. The van der Waals surface area contributed by atoms with E-state index in [4.69, 9.17) is 18.9 Å². The molecule has 11 heteroatoms. The third-order valence-corrected chi connectivity index (χ3v) is 11.0. The predicted molar refractivity (Wildman–Crippen MR) is 238 cm³/mol. The number of unbranched alkanes of at least 4 members (excludes halogenated alkanes) is 23. The van der Waals surface area contributed by atoms with Crippen LogP contribution in [0.25, 0.3) is 0 Å². The van der Waals surface area contributed by atoms with Gasteiger partial charge in [-0.15, -0.1) is 0 Å². The van der Waals surface area contributed by atoms with Gasteiger partial charge in [0.05, 0.1) is 6.61 Å². The highest BCUT2D eigenvalue weighted by Gasteiger charge is 2.47. The molecule has 0 bridgehead atoms. The second-order valence-electron chi connectivity index (χ2n) is 16.6. The predicted octanol–water partition coefficient (Wildman–Crippen LogP) is 10.8. The Hall–Kier alpha value is -2.57. The van der Waals surface area contributed by atoms with Crippen molar-refractivity contribution in [2.45, 2.75) is 243 Å². The molecule has 0 amide bonds. The van der Waals surface area contributed by atoms with Crippen molar-refractivity contribution < 1.29 is 53.8 Å². The van der Waals surface area contributed by atoms with Gasteiger partial charge in [0.25, 0.3) is 0 Å². The molecule has 0 spiro atoms. The van der Waals surface area contributed by atoms with Gasteiger partial charge in [-0.25, -0.2) is 4.79 Å². The van der Waals surface area contributed by atoms with Crippen LogP contribution >= 0.6 is 0 Å². The number of carbonyl (C=O) groups excluding carboxylic acids is 2. The number of hydrogen-bond donors (Lipinski definition) is 4. The zero-order valence-corrected chi connectivity index (χ0v) is 37.7. The number of rotatable bonds is 40. The van der Waals surface area contributed by atoms with E-state index in [-0.39, 0.29) is 19.4 Å². The van der Waals surface area contributed by atoms with Crippen LogP contribution in [0.1, 0.15) is 206 Å². The second-order valence-corrected chi connectivity index (χ2v) is 16.6. The zero-order chi connectivity index (χ0) is 43.9. The average Bonchev–Trinajstić information content (AvgIpc) is 3.23. The Morgan fingerprint density at radius 2 is 0.983 bits per heavy atom. The molecular formula is C49H86O11. The summed E-state index contributed by atoms with van der Waals surface area (Å²) in [6, 6.07) is 0. The fourth-order valence-corrected chi connectivity index (χ4v) is 7.25. The first-order valence-corrected chi connectivity index (χ1v) is 24.0. The minimum Gasteiger partial charge on any atom is -0.479 e. The highest BCUT2D eigenvalue weighted by molar-refractivity contribution is 5.73. The lowest BCUT2D eigenvalue weighted by molar-refractivity contribution is -0.298. The van der Waals surface area contributed by atoms with Crippen LogP contribution in [0.15, 0.2) is 36.5 Å². The van der Waals surface area contributed by atoms with Crippen LogP contribution in [0, 0.1) is 0 Å². The maximum Gasteiger partial charge on any atom is 0.335 e. The Kier molecular flexibility index (Phi) is 36.3. The van der Waals surface area contributed by atoms with Crippen molar-refractivity contribution in [3.8, 4) is 0 Å².